The molecule has 0 saturated heterocycles. The van der Waals surface area contributed by atoms with Gasteiger partial charge in [-0.15, -0.1) is 0 Å². The van der Waals surface area contributed by atoms with Crippen molar-refractivity contribution in [1.29, 1.82) is 0 Å². The van der Waals surface area contributed by atoms with Crippen molar-refractivity contribution in [3.05, 3.63) is 65.2 Å². The molecule has 19 heavy (non-hydrogen) atoms. The van der Waals surface area contributed by atoms with Gasteiger partial charge in [0.25, 0.3) is 0 Å². The highest BCUT2D eigenvalue weighted by Crippen LogP contribution is 2.12. The van der Waals surface area contributed by atoms with Crippen LogP contribution in [0.3, 0.4) is 0 Å². The molecule has 2 rings (SSSR count). The topological polar surface area (TPSA) is 46.2 Å². The SMILES string of the molecule is Nc1c(F)cccc1F.OCc1ccc(F)cc1F. The normalized spacial score (nSPS) is 9.74. The van der Waals surface area contributed by atoms with E-state index in [0.717, 1.165) is 24.3 Å². The van der Waals surface area contributed by atoms with Crippen molar-refractivity contribution >= 4 is 5.69 Å². The molecule has 2 aromatic rings. The largest absolute Gasteiger partial charge is 0.394 e. The minimum Gasteiger partial charge on any atom is -0.394 e. The molecule has 0 fully saturated rings. The fraction of sp³-hybridized carbons (Fsp3) is 0.0769. The molecular formula is C13H11F4NO. The van der Waals surface area contributed by atoms with Gasteiger partial charge >= 0.3 is 0 Å². The van der Waals surface area contributed by atoms with Crippen LogP contribution in [0.1, 0.15) is 5.56 Å². The summed E-state index contributed by atoms with van der Waals surface area (Å²) in [5.41, 5.74) is 4.63. The lowest BCUT2D eigenvalue weighted by atomic mass is 10.2. The van der Waals surface area contributed by atoms with E-state index in [1.54, 1.807) is 0 Å². The van der Waals surface area contributed by atoms with Gasteiger partial charge in [-0.05, 0) is 18.2 Å². The zero-order valence-electron chi connectivity index (χ0n) is 9.71. The van der Waals surface area contributed by atoms with Gasteiger partial charge in [-0.2, -0.15) is 0 Å². The van der Waals surface area contributed by atoms with E-state index in [2.05, 4.69) is 0 Å². The standard InChI is InChI=1S/C7H6F2O.C6H5F2N/c8-6-2-1-5(4-10)7(9)3-6;7-4-2-1-3-5(8)6(4)9/h1-3,10H,4H2;1-3H,9H2. The van der Waals surface area contributed by atoms with Crippen molar-refractivity contribution in [3.8, 4) is 0 Å². The van der Waals surface area contributed by atoms with Gasteiger partial charge in [-0.1, -0.05) is 12.1 Å². The molecule has 0 atom stereocenters. The van der Waals surface area contributed by atoms with Gasteiger partial charge < -0.3 is 10.8 Å². The summed E-state index contributed by atoms with van der Waals surface area (Å²) in [6.45, 7) is -0.397. The Labute approximate surface area is 107 Å². The third-order valence-corrected chi connectivity index (χ3v) is 2.19. The van der Waals surface area contributed by atoms with Crippen molar-refractivity contribution in [2.75, 3.05) is 5.73 Å². The number of rotatable bonds is 1. The van der Waals surface area contributed by atoms with E-state index in [-0.39, 0.29) is 5.56 Å². The molecule has 6 heteroatoms. The molecule has 0 heterocycles. The Morgan fingerprint density at radius 1 is 0.895 bits per heavy atom. The Morgan fingerprint density at radius 3 is 1.89 bits per heavy atom. The summed E-state index contributed by atoms with van der Waals surface area (Å²) in [6.07, 6.45) is 0. The van der Waals surface area contributed by atoms with Gasteiger partial charge in [0.2, 0.25) is 0 Å². The predicted molar refractivity (Wildman–Crippen MR) is 63.1 cm³/mol. The third kappa shape index (κ3) is 4.26. The molecule has 0 bridgehead atoms. The van der Waals surface area contributed by atoms with Crippen LogP contribution in [-0.4, -0.2) is 5.11 Å². The maximum atomic E-state index is 12.5. The fourth-order valence-electron chi connectivity index (χ4n) is 1.16. The lowest BCUT2D eigenvalue weighted by Crippen LogP contribution is -1.93. The molecule has 0 aromatic heterocycles. The van der Waals surface area contributed by atoms with Crippen LogP contribution in [0.2, 0.25) is 0 Å². The molecular weight excluding hydrogens is 262 g/mol. The number of nitrogens with two attached hydrogens (primary N) is 1. The summed E-state index contributed by atoms with van der Waals surface area (Å²) < 4.78 is 49.0. The summed E-state index contributed by atoms with van der Waals surface area (Å²) in [5, 5.41) is 8.45. The zero-order valence-corrected chi connectivity index (χ0v) is 9.71. The number of benzene rings is 2. The number of para-hydroxylation sites is 1. The molecule has 102 valence electrons. The van der Waals surface area contributed by atoms with Gasteiger partial charge in [0.15, 0.2) is 0 Å². The summed E-state index contributed by atoms with van der Waals surface area (Å²) in [4.78, 5) is 0. The molecule has 0 radical (unpaired) electrons. The first-order valence-corrected chi connectivity index (χ1v) is 5.20. The number of hydrogen-bond acceptors (Lipinski definition) is 2. The predicted octanol–water partition coefficient (Wildman–Crippen LogP) is 3.00. The van der Waals surface area contributed by atoms with E-state index in [1.807, 2.05) is 0 Å². The molecule has 0 saturated carbocycles. The van der Waals surface area contributed by atoms with Crippen molar-refractivity contribution in [2.24, 2.45) is 0 Å². The minimum absolute atomic E-state index is 0.112. The molecule has 0 unspecified atom stereocenters. The van der Waals surface area contributed by atoms with Crippen LogP contribution >= 0.6 is 0 Å². The molecule has 2 aromatic carbocycles. The Hall–Kier alpha value is -2.08. The summed E-state index contributed by atoms with van der Waals surface area (Å²) in [6, 6.07) is 6.54. The van der Waals surface area contributed by atoms with Crippen LogP contribution in [0.4, 0.5) is 23.2 Å². The summed E-state index contributed by atoms with van der Waals surface area (Å²) in [7, 11) is 0. The number of aliphatic hydroxyl groups is 1. The maximum Gasteiger partial charge on any atom is 0.149 e. The lowest BCUT2D eigenvalue weighted by molar-refractivity contribution is 0.275. The van der Waals surface area contributed by atoms with Crippen LogP contribution < -0.4 is 5.73 Å². The van der Waals surface area contributed by atoms with Crippen LogP contribution in [0.25, 0.3) is 0 Å². The Kier molecular flexibility index (Phi) is 5.32. The van der Waals surface area contributed by atoms with Crippen LogP contribution in [0.15, 0.2) is 36.4 Å². The van der Waals surface area contributed by atoms with Crippen molar-refractivity contribution in [2.45, 2.75) is 6.61 Å². The van der Waals surface area contributed by atoms with Gasteiger partial charge in [-0.25, -0.2) is 17.6 Å². The number of anilines is 1. The number of hydrogen-bond donors (Lipinski definition) is 2. The van der Waals surface area contributed by atoms with Crippen LogP contribution in [0.5, 0.6) is 0 Å². The maximum absolute atomic E-state index is 12.5. The highest BCUT2D eigenvalue weighted by atomic mass is 19.1. The van der Waals surface area contributed by atoms with E-state index in [0.29, 0.717) is 0 Å². The summed E-state index contributed by atoms with van der Waals surface area (Å²) in [5.74, 6) is -2.76. The van der Waals surface area contributed by atoms with Crippen molar-refractivity contribution in [1.82, 2.24) is 0 Å². The van der Waals surface area contributed by atoms with E-state index < -0.39 is 35.6 Å². The van der Waals surface area contributed by atoms with E-state index in [4.69, 9.17) is 10.8 Å². The first kappa shape index (κ1) is 15.0. The highest BCUT2D eigenvalue weighted by molar-refractivity contribution is 5.40. The quantitative estimate of drug-likeness (QED) is 0.619. The molecule has 0 amide bonds. The summed E-state index contributed by atoms with van der Waals surface area (Å²) >= 11 is 0. The molecule has 0 aliphatic rings. The first-order chi connectivity index (χ1) is 8.95. The van der Waals surface area contributed by atoms with Gasteiger partial charge in [0, 0.05) is 11.6 Å². The molecule has 3 N–H and O–H groups in total. The van der Waals surface area contributed by atoms with E-state index in [9.17, 15) is 17.6 Å². The van der Waals surface area contributed by atoms with Gasteiger partial charge in [0.1, 0.15) is 29.0 Å². The third-order valence-electron chi connectivity index (χ3n) is 2.19. The average molecular weight is 273 g/mol. The first-order valence-electron chi connectivity index (χ1n) is 5.20. The number of halogens is 4. The van der Waals surface area contributed by atoms with Crippen LogP contribution in [0, 0.1) is 23.3 Å². The Bertz CT molecular complexity index is 540. The molecule has 0 spiro atoms. The minimum atomic E-state index is -0.713. The fourth-order valence-corrected chi connectivity index (χ4v) is 1.16. The Morgan fingerprint density at radius 2 is 1.47 bits per heavy atom. The average Bonchev–Trinajstić information content (AvgIpc) is 2.37. The van der Waals surface area contributed by atoms with E-state index in [1.165, 1.54) is 12.1 Å². The number of aliphatic hydroxyl groups excluding tert-OH is 1. The highest BCUT2D eigenvalue weighted by Gasteiger charge is 2.01. The second kappa shape index (κ2) is 6.75. The van der Waals surface area contributed by atoms with Crippen molar-refractivity contribution < 1.29 is 22.7 Å². The molecule has 0 aliphatic heterocycles. The van der Waals surface area contributed by atoms with Crippen LogP contribution in [-0.2, 0) is 6.61 Å². The molecule has 2 nitrogen and oxygen atoms in total. The molecule has 0 aliphatic carbocycles. The monoisotopic (exact) mass is 273 g/mol. The lowest BCUT2D eigenvalue weighted by Gasteiger charge is -1.96. The van der Waals surface area contributed by atoms with Gasteiger partial charge in [-0.3, -0.25) is 0 Å². The van der Waals surface area contributed by atoms with Gasteiger partial charge in [0.05, 0.1) is 6.61 Å². The smallest absolute Gasteiger partial charge is 0.149 e. The van der Waals surface area contributed by atoms with E-state index >= 15 is 0 Å². The second-order valence-electron chi connectivity index (χ2n) is 3.53. The zero-order chi connectivity index (χ0) is 14.4. The second-order valence-corrected chi connectivity index (χ2v) is 3.53. The van der Waals surface area contributed by atoms with Crippen molar-refractivity contribution in [3.63, 3.8) is 0 Å². The number of nitrogen functional groups attached to an aromatic ring is 1. The Balaban J connectivity index is 0.000000191.